The Morgan fingerprint density at radius 3 is 2.40 bits per heavy atom. The number of halogens is 1. The number of hydrogen-bond acceptors (Lipinski definition) is 4. The van der Waals surface area contributed by atoms with E-state index in [9.17, 15) is 0 Å². The third-order valence-corrected chi connectivity index (χ3v) is 3.76. The average Bonchev–Trinajstić information content (AvgIpc) is 2.90. The van der Waals surface area contributed by atoms with Crippen LogP contribution in [0.4, 0.5) is 0 Å². The third-order valence-electron chi connectivity index (χ3n) is 3.76. The number of ether oxygens (including phenoxy) is 1. The summed E-state index contributed by atoms with van der Waals surface area (Å²) in [5.74, 6) is 2.52. The number of benzene rings is 1. The Hall–Kier alpha value is -1.77. The maximum atomic E-state index is 5.68. The number of nitrogens with one attached hydrogen (secondary N) is 2. The molecule has 0 amide bonds. The standard InChI is InChI=1S/C18H26N4O2.HI/c1-13-5-7-16(8-6-13)23-12-11-21-18(19-4)20-10-9-17-14(2)22-24-15(17)3;/h5-8H,9-12H2,1-4H3,(H2,19,20,21);1H. The summed E-state index contributed by atoms with van der Waals surface area (Å²) >= 11 is 0. The summed E-state index contributed by atoms with van der Waals surface area (Å²) in [6.45, 7) is 7.98. The molecule has 0 fully saturated rings. The van der Waals surface area contributed by atoms with Crippen LogP contribution in [-0.4, -0.2) is 37.9 Å². The van der Waals surface area contributed by atoms with Crippen molar-refractivity contribution < 1.29 is 9.26 Å². The minimum Gasteiger partial charge on any atom is -0.492 e. The molecule has 0 bridgehead atoms. The van der Waals surface area contributed by atoms with Crippen LogP contribution in [0.15, 0.2) is 33.8 Å². The first-order chi connectivity index (χ1) is 11.6. The van der Waals surface area contributed by atoms with Crippen molar-refractivity contribution in [2.45, 2.75) is 27.2 Å². The molecule has 1 aromatic heterocycles. The first kappa shape index (κ1) is 21.3. The second-order valence-electron chi connectivity index (χ2n) is 5.64. The zero-order chi connectivity index (χ0) is 17.4. The van der Waals surface area contributed by atoms with E-state index in [1.807, 2.05) is 38.1 Å². The molecule has 7 heteroatoms. The summed E-state index contributed by atoms with van der Waals surface area (Å²) < 4.78 is 10.9. The number of guanidine groups is 1. The number of hydrogen-bond donors (Lipinski definition) is 2. The summed E-state index contributed by atoms with van der Waals surface area (Å²) in [6.07, 6.45) is 0.849. The van der Waals surface area contributed by atoms with E-state index < -0.39 is 0 Å². The molecule has 1 aromatic carbocycles. The fourth-order valence-corrected chi connectivity index (χ4v) is 2.36. The molecular formula is C18H27IN4O2. The summed E-state index contributed by atoms with van der Waals surface area (Å²) in [4.78, 5) is 4.21. The lowest BCUT2D eigenvalue weighted by molar-refractivity contribution is 0.322. The van der Waals surface area contributed by atoms with E-state index in [4.69, 9.17) is 9.26 Å². The van der Waals surface area contributed by atoms with Gasteiger partial charge in [-0.1, -0.05) is 22.9 Å². The predicted molar refractivity (Wildman–Crippen MR) is 111 cm³/mol. The zero-order valence-corrected chi connectivity index (χ0v) is 17.6. The van der Waals surface area contributed by atoms with Crippen molar-refractivity contribution >= 4 is 29.9 Å². The summed E-state index contributed by atoms with van der Waals surface area (Å²) in [7, 11) is 1.76. The Balaban J connectivity index is 0.00000312. The van der Waals surface area contributed by atoms with Crippen LogP contribution in [0, 0.1) is 20.8 Å². The second-order valence-corrected chi connectivity index (χ2v) is 5.64. The van der Waals surface area contributed by atoms with Gasteiger partial charge < -0.3 is 19.9 Å². The first-order valence-electron chi connectivity index (χ1n) is 8.16. The number of aliphatic imine (C=N–C) groups is 1. The molecule has 2 rings (SSSR count). The molecule has 2 N–H and O–H groups in total. The molecule has 0 radical (unpaired) electrons. The van der Waals surface area contributed by atoms with E-state index in [2.05, 4.69) is 27.7 Å². The van der Waals surface area contributed by atoms with Gasteiger partial charge in [-0.25, -0.2) is 0 Å². The highest BCUT2D eigenvalue weighted by Crippen LogP contribution is 2.12. The highest BCUT2D eigenvalue weighted by atomic mass is 127. The quantitative estimate of drug-likeness (QED) is 0.289. The largest absolute Gasteiger partial charge is 0.492 e. The molecule has 0 saturated carbocycles. The predicted octanol–water partition coefficient (Wildman–Crippen LogP) is 3.00. The van der Waals surface area contributed by atoms with E-state index >= 15 is 0 Å². The summed E-state index contributed by atoms with van der Waals surface area (Å²) in [5, 5.41) is 10.5. The van der Waals surface area contributed by atoms with Crippen molar-refractivity contribution in [1.29, 1.82) is 0 Å². The van der Waals surface area contributed by atoms with Crippen LogP contribution >= 0.6 is 24.0 Å². The average molecular weight is 458 g/mol. The van der Waals surface area contributed by atoms with E-state index in [1.165, 1.54) is 5.56 Å². The second kappa shape index (κ2) is 11.0. The molecule has 0 saturated heterocycles. The molecule has 2 aromatic rings. The van der Waals surface area contributed by atoms with Crippen LogP contribution in [0.5, 0.6) is 5.75 Å². The molecule has 0 unspecified atom stereocenters. The van der Waals surface area contributed by atoms with Gasteiger partial charge in [0.15, 0.2) is 5.96 Å². The van der Waals surface area contributed by atoms with E-state index in [0.29, 0.717) is 13.2 Å². The molecule has 0 aliphatic rings. The maximum absolute atomic E-state index is 5.68. The molecule has 6 nitrogen and oxygen atoms in total. The van der Waals surface area contributed by atoms with Crippen LogP contribution in [0.1, 0.15) is 22.6 Å². The lowest BCUT2D eigenvalue weighted by Gasteiger charge is -2.12. The highest BCUT2D eigenvalue weighted by molar-refractivity contribution is 14.0. The van der Waals surface area contributed by atoms with Gasteiger partial charge in [-0.15, -0.1) is 24.0 Å². The number of rotatable bonds is 7. The van der Waals surface area contributed by atoms with Crippen LogP contribution < -0.4 is 15.4 Å². The maximum Gasteiger partial charge on any atom is 0.191 e. The van der Waals surface area contributed by atoms with E-state index in [0.717, 1.165) is 41.7 Å². The molecule has 25 heavy (non-hydrogen) atoms. The smallest absolute Gasteiger partial charge is 0.191 e. The van der Waals surface area contributed by atoms with Gasteiger partial charge in [-0.2, -0.15) is 0 Å². The van der Waals surface area contributed by atoms with Crippen molar-refractivity contribution in [2.75, 3.05) is 26.7 Å². The number of aromatic nitrogens is 1. The van der Waals surface area contributed by atoms with Crippen molar-refractivity contribution in [3.63, 3.8) is 0 Å². The molecule has 0 aliphatic carbocycles. The minimum atomic E-state index is 0. The third kappa shape index (κ3) is 6.93. The zero-order valence-electron chi connectivity index (χ0n) is 15.3. The Morgan fingerprint density at radius 2 is 1.80 bits per heavy atom. The first-order valence-corrected chi connectivity index (χ1v) is 8.16. The molecule has 0 spiro atoms. The van der Waals surface area contributed by atoms with Gasteiger partial charge in [0, 0.05) is 19.2 Å². The van der Waals surface area contributed by atoms with Crippen LogP contribution in [-0.2, 0) is 6.42 Å². The van der Waals surface area contributed by atoms with Gasteiger partial charge in [0.1, 0.15) is 18.1 Å². The lowest BCUT2D eigenvalue weighted by Crippen LogP contribution is -2.40. The molecule has 1 heterocycles. The van der Waals surface area contributed by atoms with Crippen molar-refractivity contribution in [1.82, 2.24) is 15.8 Å². The highest BCUT2D eigenvalue weighted by Gasteiger charge is 2.08. The Kier molecular flexibility index (Phi) is 9.33. The van der Waals surface area contributed by atoms with Crippen molar-refractivity contribution in [3.05, 3.63) is 46.8 Å². The lowest BCUT2D eigenvalue weighted by atomic mass is 10.1. The van der Waals surface area contributed by atoms with Crippen molar-refractivity contribution in [2.24, 2.45) is 4.99 Å². The Bertz CT molecular complexity index is 649. The van der Waals surface area contributed by atoms with Crippen LogP contribution in [0.3, 0.4) is 0 Å². The summed E-state index contributed by atoms with van der Waals surface area (Å²) in [6, 6.07) is 8.04. The van der Waals surface area contributed by atoms with Crippen LogP contribution in [0.2, 0.25) is 0 Å². The summed E-state index contributed by atoms with van der Waals surface area (Å²) in [5.41, 5.74) is 3.33. The molecular weight excluding hydrogens is 431 g/mol. The minimum absolute atomic E-state index is 0. The normalized spacial score (nSPS) is 11.0. The fraction of sp³-hybridized carbons (Fsp3) is 0.444. The molecule has 0 atom stereocenters. The number of nitrogens with zero attached hydrogens (tertiary/aromatic N) is 2. The molecule has 138 valence electrons. The monoisotopic (exact) mass is 458 g/mol. The van der Waals surface area contributed by atoms with Gasteiger partial charge in [0.2, 0.25) is 0 Å². The molecule has 0 aliphatic heterocycles. The fourth-order valence-electron chi connectivity index (χ4n) is 2.36. The SMILES string of the molecule is CN=C(NCCOc1ccc(C)cc1)NCCc1c(C)noc1C.I. The Morgan fingerprint density at radius 1 is 1.12 bits per heavy atom. The van der Waals surface area contributed by atoms with Crippen LogP contribution in [0.25, 0.3) is 0 Å². The van der Waals surface area contributed by atoms with Gasteiger partial charge >= 0.3 is 0 Å². The van der Waals surface area contributed by atoms with E-state index in [-0.39, 0.29) is 24.0 Å². The van der Waals surface area contributed by atoms with Gasteiger partial charge in [0.05, 0.1) is 12.2 Å². The number of aryl methyl sites for hydroxylation is 3. The van der Waals surface area contributed by atoms with Gasteiger partial charge in [-0.05, 0) is 39.3 Å². The van der Waals surface area contributed by atoms with E-state index in [1.54, 1.807) is 7.05 Å². The topological polar surface area (TPSA) is 71.7 Å². The van der Waals surface area contributed by atoms with Gasteiger partial charge in [-0.3, -0.25) is 4.99 Å². The van der Waals surface area contributed by atoms with Gasteiger partial charge in [0.25, 0.3) is 0 Å². The van der Waals surface area contributed by atoms with Crippen molar-refractivity contribution in [3.8, 4) is 5.75 Å². The Labute approximate surface area is 166 Å².